The Labute approximate surface area is 245 Å². The van der Waals surface area contributed by atoms with E-state index < -0.39 is 29.8 Å². The molecule has 3 aromatic rings. The minimum Gasteiger partial charge on any atom is -0.480 e. The molecule has 3 aromatic carbocycles. The standard InChI is InChI=1S/C33H35N3O6/c1-32(42-19-29(37)38)20-36(21-32)30(39)33(15-16-35(22-33)17-23-9-3-2-4-10-23)34-31(40)41-18-28-26-13-7-5-11-24(26)25-12-6-8-14-27(25)28/h2-14,28H,15-22H2,1H3,(H,34,40)(H,37,38). The van der Waals surface area contributed by atoms with Gasteiger partial charge in [-0.3, -0.25) is 9.69 Å². The molecule has 0 saturated carbocycles. The first-order valence-electron chi connectivity index (χ1n) is 14.3. The van der Waals surface area contributed by atoms with Crippen LogP contribution in [-0.4, -0.2) is 83.4 Å². The number of likely N-dealkylation sites (tertiary alicyclic amines) is 2. The molecule has 2 aliphatic heterocycles. The molecule has 2 saturated heterocycles. The number of carboxylic acids is 1. The molecule has 3 aliphatic rings. The Morgan fingerprint density at radius 1 is 0.905 bits per heavy atom. The second kappa shape index (κ2) is 11.2. The van der Waals surface area contributed by atoms with Crippen molar-refractivity contribution in [3.05, 3.63) is 95.6 Å². The van der Waals surface area contributed by atoms with E-state index >= 15 is 0 Å². The van der Waals surface area contributed by atoms with Crippen LogP contribution in [0.15, 0.2) is 78.9 Å². The molecule has 2 N–H and O–H groups in total. The maximum Gasteiger partial charge on any atom is 0.408 e. The maximum absolute atomic E-state index is 14.0. The molecule has 2 fully saturated rings. The minimum atomic E-state index is -1.16. The van der Waals surface area contributed by atoms with Gasteiger partial charge >= 0.3 is 12.1 Å². The lowest BCUT2D eigenvalue weighted by Crippen LogP contribution is -2.70. The Kier molecular flexibility index (Phi) is 7.47. The summed E-state index contributed by atoms with van der Waals surface area (Å²) in [4.78, 5) is 42.1. The van der Waals surface area contributed by atoms with Crippen LogP contribution >= 0.6 is 0 Å². The van der Waals surface area contributed by atoms with Crippen molar-refractivity contribution in [2.24, 2.45) is 0 Å². The van der Waals surface area contributed by atoms with E-state index in [-0.39, 0.29) is 31.5 Å². The molecule has 2 amide bonds. The van der Waals surface area contributed by atoms with Crippen LogP contribution in [0.2, 0.25) is 0 Å². The molecule has 218 valence electrons. The zero-order chi connectivity index (χ0) is 29.3. The quantitative estimate of drug-likeness (QED) is 0.403. The number of hydrogen-bond donors (Lipinski definition) is 2. The molecule has 6 rings (SSSR count). The number of ether oxygens (including phenoxy) is 2. The summed E-state index contributed by atoms with van der Waals surface area (Å²) in [5.74, 6) is -1.35. The highest BCUT2D eigenvalue weighted by atomic mass is 16.5. The van der Waals surface area contributed by atoms with Gasteiger partial charge in [0.2, 0.25) is 5.91 Å². The number of fused-ring (bicyclic) bond motifs is 3. The van der Waals surface area contributed by atoms with E-state index in [0.717, 1.165) is 27.8 Å². The first-order valence-corrected chi connectivity index (χ1v) is 14.3. The lowest BCUT2D eigenvalue weighted by Gasteiger charge is -2.49. The van der Waals surface area contributed by atoms with Gasteiger partial charge in [-0.05, 0) is 41.2 Å². The number of nitrogens with one attached hydrogen (secondary N) is 1. The van der Waals surface area contributed by atoms with Gasteiger partial charge in [-0.2, -0.15) is 0 Å². The third-order valence-corrected chi connectivity index (χ3v) is 8.57. The fourth-order valence-electron chi connectivity index (χ4n) is 6.56. The summed E-state index contributed by atoms with van der Waals surface area (Å²) < 4.78 is 11.4. The van der Waals surface area contributed by atoms with Crippen molar-refractivity contribution in [3.63, 3.8) is 0 Å². The maximum atomic E-state index is 14.0. The highest BCUT2D eigenvalue weighted by molar-refractivity contribution is 5.91. The number of carboxylic acid groups (broad SMARTS) is 1. The average Bonchev–Trinajstić information content (AvgIpc) is 3.53. The van der Waals surface area contributed by atoms with Gasteiger partial charge in [0.1, 0.15) is 24.4 Å². The van der Waals surface area contributed by atoms with Crippen molar-refractivity contribution < 1.29 is 29.0 Å². The molecule has 9 nitrogen and oxygen atoms in total. The van der Waals surface area contributed by atoms with Gasteiger partial charge in [-0.1, -0.05) is 78.9 Å². The van der Waals surface area contributed by atoms with E-state index in [1.165, 1.54) is 0 Å². The largest absolute Gasteiger partial charge is 0.480 e. The summed E-state index contributed by atoms with van der Waals surface area (Å²) in [6.07, 6.45) is -0.191. The van der Waals surface area contributed by atoms with Crippen LogP contribution in [-0.2, 0) is 25.6 Å². The number of amides is 2. The lowest BCUT2D eigenvalue weighted by atomic mass is 9.89. The van der Waals surface area contributed by atoms with Crippen LogP contribution in [0.25, 0.3) is 11.1 Å². The third kappa shape index (κ3) is 5.49. The smallest absolute Gasteiger partial charge is 0.408 e. The monoisotopic (exact) mass is 569 g/mol. The number of hydrogen-bond acceptors (Lipinski definition) is 6. The summed E-state index contributed by atoms with van der Waals surface area (Å²) in [7, 11) is 0. The summed E-state index contributed by atoms with van der Waals surface area (Å²) in [6.45, 7) is 3.66. The topological polar surface area (TPSA) is 108 Å². The molecule has 1 aliphatic carbocycles. The third-order valence-electron chi connectivity index (χ3n) is 8.57. The molecule has 2 heterocycles. The predicted octanol–water partition coefficient (Wildman–Crippen LogP) is 3.87. The summed E-state index contributed by atoms with van der Waals surface area (Å²) >= 11 is 0. The molecular formula is C33H35N3O6. The van der Waals surface area contributed by atoms with E-state index in [1.54, 1.807) is 11.8 Å². The highest BCUT2D eigenvalue weighted by Crippen LogP contribution is 2.44. The van der Waals surface area contributed by atoms with Crippen LogP contribution in [0.5, 0.6) is 0 Å². The van der Waals surface area contributed by atoms with E-state index in [4.69, 9.17) is 14.6 Å². The van der Waals surface area contributed by atoms with Crippen molar-refractivity contribution >= 4 is 18.0 Å². The Morgan fingerprint density at radius 2 is 1.52 bits per heavy atom. The van der Waals surface area contributed by atoms with Gasteiger partial charge in [0.05, 0.1) is 13.1 Å². The fourth-order valence-corrected chi connectivity index (χ4v) is 6.56. The average molecular weight is 570 g/mol. The first-order chi connectivity index (χ1) is 20.3. The summed E-state index contributed by atoms with van der Waals surface area (Å²) in [5, 5.41) is 12.0. The normalized spacial score (nSPS) is 20.8. The van der Waals surface area contributed by atoms with Crippen molar-refractivity contribution in [2.75, 3.05) is 39.4 Å². The molecule has 9 heteroatoms. The van der Waals surface area contributed by atoms with E-state index in [0.29, 0.717) is 26.1 Å². The minimum absolute atomic E-state index is 0.0876. The van der Waals surface area contributed by atoms with Gasteiger partial charge < -0.3 is 24.8 Å². The molecule has 0 radical (unpaired) electrons. The number of rotatable bonds is 9. The first kappa shape index (κ1) is 27.9. The Bertz CT molecular complexity index is 1440. The number of aliphatic carboxylic acids is 1. The second-order valence-electron chi connectivity index (χ2n) is 11.8. The van der Waals surface area contributed by atoms with Gasteiger partial charge in [0.25, 0.3) is 0 Å². The number of alkyl carbamates (subject to hydrolysis) is 1. The zero-order valence-electron chi connectivity index (χ0n) is 23.6. The molecule has 0 aromatic heterocycles. The van der Waals surface area contributed by atoms with E-state index in [1.807, 2.05) is 54.6 Å². The van der Waals surface area contributed by atoms with Crippen LogP contribution < -0.4 is 5.32 Å². The van der Waals surface area contributed by atoms with Crippen molar-refractivity contribution in [1.29, 1.82) is 0 Å². The molecule has 1 atom stereocenters. The van der Waals surface area contributed by atoms with E-state index in [9.17, 15) is 14.4 Å². The van der Waals surface area contributed by atoms with Gasteiger partial charge in [0, 0.05) is 25.6 Å². The molecule has 0 spiro atoms. The van der Waals surface area contributed by atoms with Crippen molar-refractivity contribution in [2.45, 2.75) is 36.9 Å². The van der Waals surface area contributed by atoms with Crippen LogP contribution in [0.1, 0.15) is 36.0 Å². The van der Waals surface area contributed by atoms with Crippen molar-refractivity contribution in [1.82, 2.24) is 15.1 Å². The second-order valence-corrected chi connectivity index (χ2v) is 11.8. The predicted molar refractivity (Wildman–Crippen MR) is 156 cm³/mol. The van der Waals surface area contributed by atoms with Crippen LogP contribution in [0.3, 0.4) is 0 Å². The number of nitrogens with zero attached hydrogens (tertiary/aromatic N) is 2. The van der Waals surface area contributed by atoms with Crippen LogP contribution in [0.4, 0.5) is 4.79 Å². The SMILES string of the molecule is CC1(OCC(=O)O)CN(C(=O)C2(NC(=O)OCC3c4ccccc4-c4ccccc43)CCN(Cc3ccccc3)C2)C1. The molecule has 42 heavy (non-hydrogen) atoms. The number of carbonyl (C=O) groups is 3. The van der Waals surface area contributed by atoms with Gasteiger partial charge in [-0.15, -0.1) is 0 Å². The Morgan fingerprint density at radius 3 is 2.17 bits per heavy atom. The van der Waals surface area contributed by atoms with Crippen molar-refractivity contribution in [3.8, 4) is 11.1 Å². The van der Waals surface area contributed by atoms with Gasteiger partial charge in [-0.25, -0.2) is 9.59 Å². The highest BCUT2D eigenvalue weighted by Gasteiger charge is 2.53. The summed E-state index contributed by atoms with van der Waals surface area (Å²) in [6, 6.07) is 26.3. The molecule has 1 unspecified atom stereocenters. The molecule has 0 bridgehead atoms. The zero-order valence-corrected chi connectivity index (χ0v) is 23.6. The van der Waals surface area contributed by atoms with E-state index in [2.05, 4.69) is 34.5 Å². The summed E-state index contributed by atoms with van der Waals surface area (Å²) in [5.41, 5.74) is 3.76. The van der Waals surface area contributed by atoms with Gasteiger partial charge in [0.15, 0.2) is 0 Å². The molecular weight excluding hydrogens is 534 g/mol. The van der Waals surface area contributed by atoms with Crippen LogP contribution in [0, 0.1) is 0 Å². The lowest BCUT2D eigenvalue weighted by molar-refractivity contribution is -0.176. The Balaban J connectivity index is 1.16. The number of carbonyl (C=O) groups excluding carboxylic acids is 2. The Hall–Kier alpha value is -4.21. The number of benzene rings is 3. The fraction of sp³-hybridized carbons (Fsp3) is 0.364.